The molecule has 1 unspecified atom stereocenters. The van der Waals surface area contributed by atoms with E-state index in [1.807, 2.05) is 0 Å². The predicted octanol–water partition coefficient (Wildman–Crippen LogP) is 2.69. The summed E-state index contributed by atoms with van der Waals surface area (Å²) < 4.78 is 47.6. The zero-order valence-corrected chi connectivity index (χ0v) is 18.5. The minimum Gasteiger partial charge on any atom is -0.379 e. The number of nitro benzene ring substituents is 1. The number of nitrogens with one attached hydrogen (secondary N) is 1. The minimum atomic E-state index is -3.91. The van der Waals surface area contributed by atoms with Crippen LogP contribution in [0.5, 0.6) is 0 Å². The van der Waals surface area contributed by atoms with Crippen molar-refractivity contribution in [2.75, 3.05) is 31.6 Å². The minimum absolute atomic E-state index is 0.109. The first-order valence-electron chi connectivity index (χ1n) is 10.1. The number of sulfonamides is 1. The number of nitro groups is 1. The lowest BCUT2D eigenvalue weighted by atomic mass is 10.1. The van der Waals surface area contributed by atoms with Crippen LogP contribution in [0.2, 0.25) is 0 Å². The molecule has 1 aliphatic heterocycles. The molecule has 0 spiro atoms. The largest absolute Gasteiger partial charge is 0.379 e. The Morgan fingerprint density at radius 3 is 2.48 bits per heavy atom. The van der Waals surface area contributed by atoms with E-state index < -0.39 is 32.5 Å². The van der Waals surface area contributed by atoms with Crippen molar-refractivity contribution >= 4 is 21.4 Å². The Balaban J connectivity index is 1.73. The molecule has 0 amide bonds. The zero-order valence-electron chi connectivity index (χ0n) is 17.7. The molecule has 12 heteroatoms. The number of halogens is 1. The Morgan fingerprint density at radius 1 is 1.18 bits per heavy atom. The summed E-state index contributed by atoms with van der Waals surface area (Å²) in [6, 6.07) is 8.80. The maximum Gasteiger partial charge on any atom is 0.293 e. The second kappa shape index (κ2) is 9.25. The maximum absolute atomic E-state index is 13.5. The van der Waals surface area contributed by atoms with E-state index in [0.29, 0.717) is 11.4 Å². The van der Waals surface area contributed by atoms with Crippen molar-refractivity contribution in [2.45, 2.75) is 10.9 Å². The highest BCUT2D eigenvalue weighted by Crippen LogP contribution is 2.34. The summed E-state index contributed by atoms with van der Waals surface area (Å²) in [5.74, 6) is 0.127. The first kappa shape index (κ1) is 22.8. The lowest BCUT2D eigenvalue weighted by molar-refractivity contribution is -0.384. The fraction of sp³-hybridized carbons (Fsp3) is 0.286. The van der Waals surface area contributed by atoms with Gasteiger partial charge in [0, 0.05) is 38.6 Å². The summed E-state index contributed by atoms with van der Waals surface area (Å²) in [5.41, 5.74) is 0.342. The average Bonchev–Trinajstić information content (AvgIpc) is 3.24. The second-order valence-corrected chi connectivity index (χ2v) is 9.42. The van der Waals surface area contributed by atoms with Crippen LogP contribution < -0.4 is 5.32 Å². The van der Waals surface area contributed by atoms with E-state index >= 15 is 0 Å². The average molecular weight is 476 g/mol. The molecule has 33 heavy (non-hydrogen) atoms. The van der Waals surface area contributed by atoms with Crippen LogP contribution in [0.25, 0.3) is 0 Å². The van der Waals surface area contributed by atoms with Gasteiger partial charge in [-0.15, -0.1) is 0 Å². The monoisotopic (exact) mass is 475 g/mol. The molecule has 1 N–H and O–H groups in total. The van der Waals surface area contributed by atoms with Gasteiger partial charge >= 0.3 is 0 Å². The van der Waals surface area contributed by atoms with Gasteiger partial charge in [-0.05, 0) is 29.8 Å². The molecule has 10 nitrogen and oxygen atoms in total. The number of ether oxygens (including phenoxy) is 1. The number of aryl methyl sites for hydroxylation is 1. The molecule has 2 aromatic carbocycles. The van der Waals surface area contributed by atoms with E-state index in [1.165, 1.54) is 28.6 Å². The van der Waals surface area contributed by atoms with Gasteiger partial charge in [0.15, 0.2) is 0 Å². The third-order valence-corrected chi connectivity index (χ3v) is 7.29. The van der Waals surface area contributed by atoms with E-state index in [0.717, 1.165) is 6.07 Å². The number of imidazole rings is 1. The van der Waals surface area contributed by atoms with E-state index in [-0.39, 0.29) is 36.9 Å². The number of aromatic nitrogens is 2. The summed E-state index contributed by atoms with van der Waals surface area (Å²) >= 11 is 0. The number of anilines is 1. The molecule has 1 aromatic heterocycles. The van der Waals surface area contributed by atoms with E-state index in [1.54, 1.807) is 36.1 Å². The quantitative estimate of drug-likeness (QED) is 0.412. The zero-order chi connectivity index (χ0) is 23.6. The van der Waals surface area contributed by atoms with Gasteiger partial charge in [0.25, 0.3) is 5.69 Å². The van der Waals surface area contributed by atoms with Crippen molar-refractivity contribution in [2.24, 2.45) is 7.05 Å². The van der Waals surface area contributed by atoms with E-state index in [4.69, 9.17) is 4.74 Å². The smallest absolute Gasteiger partial charge is 0.293 e. The lowest BCUT2D eigenvalue weighted by Crippen LogP contribution is -2.40. The second-order valence-electron chi connectivity index (χ2n) is 7.48. The molecular formula is C21H22FN5O5S. The third kappa shape index (κ3) is 4.72. The van der Waals surface area contributed by atoms with Crippen molar-refractivity contribution in [1.82, 2.24) is 13.9 Å². The molecule has 3 aromatic rings. The van der Waals surface area contributed by atoms with Gasteiger partial charge in [0.2, 0.25) is 10.0 Å². The molecule has 1 atom stereocenters. The van der Waals surface area contributed by atoms with Crippen LogP contribution in [-0.2, 0) is 21.8 Å². The molecule has 174 valence electrons. The molecule has 1 fully saturated rings. The summed E-state index contributed by atoms with van der Waals surface area (Å²) in [7, 11) is -2.14. The first-order valence-corrected chi connectivity index (χ1v) is 11.6. The molecule has 4 rings (SSSR count). The van der Waals surface area contributed by atoms with Crippen molar-refractivity contribution < 1.29 is 22.5 Å². The molecule has 1 aliphatic rings. The van der Waals surface area contributed by atoms with E-state index in [2.05, 4.69) is 10.3 Å². The van der Waals surface area contributed by atoms with Gasteiger partial charge in [-0.1, -0.05) is 12.1 Å². The number of benzene rings is 2. The number of morpholine rings is 1. The Bertz CT molecular complexity index is 1260. The summed E-state index contributed by atoms with van der Waals surface area (Å²) in [6.07, 6.45) is 3.31. The Kier molecular flexibility index (Phi) is 6.40. The van der Waals surface area contributed by atoms with Crippen molar-refractivity contribution in [3.8, 4) is 0 Å². The number of hydrogen-bond acceptors (Lipinski definition) is 7. The summed E-state index contributed by atoms with van der Waals surface area (Å²) in [6.45, 7) is 0.901. The van der Waals surface area contributed by atoms with Gasteiger partial charge in [0.1, 0.15) is 23.4 Å². The van der Waals surface area contributed by atoms with Gasteiger partial charge in [-0.3, -0.25) is 10.1 Å². The molecule has 0 radical (unpaired) electrons. The Labute approximate surface area is 189 Å². The normalized spacial score (nSPS) is 15.8. The van der Waals surface area contributed by atoms with Crippen LogP contribution in [0.15, 0.2) is 59.8 Å². The molecule has 0 saturated carbocycles. The SMILES string of the molecule is Cn1ccnc1C(Nc1ccc(S(=O)(=O)N2CCOCC2)cc1[N+](=O)[O-])c1ccc(F)cc1. The number of hydrogen-bond donors (Lipinski definition) is 1. The summed E-state index contributed by atoms with van der Waals surface area (Å²) in [4.78, 5) is 15.4. The highest BCUT2D eigenvalue weighted by Gasteiger charge is 2.30. The molecule has 0 aliphatic carbocycles. The fourth-order valence-corrected chi connectivity index (χ4v) is 5.07. The van der Waals surface area contributed by atoms with Crippen LogP contribution in [0.4, 0.5) is 15.8 Å². The van der Waals surface area contributed by atoms with Crippen LogP contribution >= 0.6 is 0 Å². The van der Waals surface area contributed by atoms with Crippen LogP contribution in [0.1, 0.15) is 17.4 Å². The van der Waals surface area contributed by atoms with Gasteiger partial charge in [-0.25, -0.2) is 17.8 Å². The van der Waals surface area contributed by atoms with Gasteiger partial charge in [-0.2, -0.15) is 4.31 Å². The Hall–Kier alpha value is -3.35. The molecule has 0 bridgehead atoms. The lowest BCUT2D eigenvalue weighted by Gasteiger charge is -2.26. The fourth-order valence-electron chi connectivity index (χ4n) is 3.64. The van der Waals surface area contributed by atoms with Gasteiger partial charge < -0.3 is 14.6 Å². The van der Waals surface area contributed by atoms with Crippen molar-refractivity contribution in [3.05, 3.63) is 82.2 Å². The Morgan fingerprint density at radius 2 is 1.88 bits per heavy atom. The predicted molar refractivity (Wildman–Crippen MR) is 118 cm³/mol. The van der Waals surface area contributed by atoms with Gasteiger partial charge in [0.05, 0.1) is 23.0 Å². The number of nitrogens with zero attached hydrogens (tertiary/aromatic N) is 4. The molecular weight excluding hydrogens is 453 g/mol. The molecule has 2 heterocycles. The maximum atomic E-state index is 13.5. The highest BCUT2D eigenvalue weighted by molar-refractivity contribution is 7.89. The first-order chi connectivity index (χ1) is 15.8. The summed E-state index contributed by atoms with van der Waals surface area (Å²) in [5, 5.41) is 15.0. The van der Waals surface area contributed by atoms with Crippen molar-refractivity contribution in [1.29, 1.82) is 0 Å². The van der Waals surface area contributed by atoms with E-state index in [9.17, 15) is 22.9 Å². The van der Waals surface area contributed by atoms with Crippen LogP contribution in [0, 0.1) is 15.9 Å². The third-order valence-electron chi connectivity index (χ3n) is 5.39. The standard InChI is InChI=1S/C21H22FN5O5S/c1-25-9-8-23-21(25)20(15-2-4-16(22)5-3-15)24-18-7-6-17(14-19(18)27(28)29)33(30,31)26-10-12-32-13-11-26/h2-9,14,20,24H,10-13H2,1H3. The van der Waals surface area contributed by atoms with Crippen LogP contribution in [-0.4, -0.2) is 53.5 Å². The topological polar surface area (TPSA) is 120 Å². The highest BCUT2D eigenvalue weighted by atomic mass is 32.2. The number of rotatable bonds is 7. The van der Waals surface area contributed by atoms with Crippen LogP contribution in [0.3, 0.4) is 0 Å². The van der Waals surface area contributed by atoms with Crippen molar-refractivity contribution in [3.63, 3.8) is 0 Å². The molecule has 1 saturated heterocycles.